The zero-order chi connectivity index (χ0) is 29.3. The zero-order valence-electron chi connectivity index (χ0n) is 21.5. The Bertz CT molecular complexity index is 1610. The average molecular weight is 547 g/mol. The van der Waals surface area contributed by atoms with Gasteiger partial charge in [0.2, 0.25) is 11.7 Å². The number of hydrogen-bond donors (Lipinski definition) is 5. The van der Waals surface area contributed by atoms with Gasteiger partial charge in [0, 0.05) is 17.1 Å². The molecule has 3 aliphatic rings. The molecule has 4 atom stereocenters. The number of carbonyl (C=O) groups is 4. The number of nitrogens with zero attached hydrogens (tertiary/aromatic N) is 2. The van der Waals surface area contributed by atoms with E-state index in [0.29, 0.717) is 16.7 Å². The van der Waals surface area contributed by atoms with E-state index in [4.69, 9.17) is 11.5 Å². The van der Waals surface area contributed by atoms with Gasteiger partial charge >= 0.3 is 0 Å². The molecule has 2 aromatic carbocycles. The maximum absolute atomic E-state index is 13.9. The molecule has 0 aliphatic heterocycles. The number of likely N-dealkylation sites (N-methyl/N-ethyl adjacent to an activating group) is 1. The average Bonchev–Trinajstić information content (AvgIpc) is 2.89. The van der Waals surface area contributed by atoms with Crippen molar-refractivity contribution in [2.75, 3.05) is 14.1 Å². The normalized spacial score (nSPS) is 25.9. The van der Waals surface area contributed by atoms with Gasteiger partial charge in [-0.3, -0.25) is 24.1 Å². The molecule has 0 fully saturated rings. The Morgan fingerprint density at radius 1 is 1.07 bits per heavy atom. The Labute approximate surface area is 227 Å². The Balaban J connectivity index is 1.74. The molecule has 40 heavy (non-hydrogen) atoms. The first-order valence-electron chi connectivity index (χ1n) is 12.4. The maximum atomic E-state index is 13.9. The van der Waals surface area contributed by atoms with E-state index >= 15 is 0 Å². The van der Waals surface area contributed by atoms with Crippen molar-refractivity contribution in [3.63, 3.8) is 0 Å². The number of Topliss-reactive ketones (excluding diaryl/α,β-unsaturated/α-hetero) is 2. The number of fused-ring (bicyclic) bond motifs is 3. The predicted molar refractivity (Wildman–Crippen MR) is 141 cm³/mol. The lowest BCUT2D eigenvalue weighted by molar-refractivity contribution is -0.148. The molecule has 3 aliphatic carbocycles. The fourth-order valence-electron chi connectivity index (χ4n) is 6.44. The SMILES string of the molecule is CN(C)C1C(O)=C(C(N)=O)C(=O)[C@@]2(O)C(O)=C3C(=O)c4c(N=O)ccc(-c5cccc(C(N)=O)c5)c4C[C@H]3C[C@@H]12. The summed E-state index contributed by atoms with van der Waals surface area (Å²) in [7, 11) is 3.11. The third-order valence-corrected chi connectivity index (χ3v) is 8.16. The standard InChI is InChI=1S/C28H26N4O8/c1-32(2)21-16-10-13-9-15-14(11-4-3-5-12(8-11)26(29)37)6-7-17(31-40)19(15)22(33)18(13)24(35)28(16,39)25(36)20(23(21)34)27(30)38/h3-8,13,16,21,34-35,39H,9-10H2,1-2H3,(H2,29,37)(H2,30,38)/t13-,16-,21?,28-/m0/s1. The van der Waals surface area contributed by atoms with Crippen LogP contribution >= 0.6 is 0 Å². The van der Waals surface area contributed by atoms with Crippen LogP contribution in [-0.4, -0.2) is 69.3 Å². The summed E-state index contributed by atoms with van der Waals surface area (Å²) >= 11 is 0. The number of nitroso groups, excluding NO2 is 1. The lowest BCUT2D eigenvalue weighted by atomic mass is 9.58. The number of amides is 2. The summed E-state index contributed by atoms with van der Waals surface area (Å²) in [6.07, 6.45) is 0.0410. The molecule has 0 spiro atoms. The minimum Gasteiger partial charge on any atom is -0.510 e. The molecule has 2 aromatic rings. The topological polar surface area (TPSA) is 214 Å². The van der Waals surface area contributed by atoms with Crippen LogP contribution in [0.5, 0.6) is 0 Å². The quantitative estimate of drug-likeness (QED) is 0.271. The molecule has 0 aromatic heterocycles. The minimum absolute atomic E-state index is 0.0503. The number of nitrogens with two attached hydrogens (primary N) is 2. The van der Waals surface area contributed by atoms with E-state index < -0.39 is 64.0 Å². The molecule has 0 heterocycles. The third kappa shape index (κ3) is 3.60. The number of ketones is 2. The minimum atomic E-state index is -2.73. The molecular weight excluding hydrogens is 520 g/mol. The van der Waals surface area contributed by atoms with Crippen molar-refractivity contribution in [1.82, 2.24) is 4.90 Å². The van der Waals surface area contributed by atoms with Crippen LogP contribution in [0.25, 0.3) is 11.1 Å². The highest BCUT2D eigenvalue weighted by molar-refractivity contribution is 6.25. The van der Waals surface area contributed by atoms with Crippen LogP contribution in [0, 0.1) is 16.7 Å². The first-order valence-corrected chi connectivity index (χ1v) is 12.4. The number of aliphatic hydroxyl groups excluding tert-OH is 2. The Morgan fingerprint density at radius 2 is 1.77 bits per heavy atom. The van der Waals surface area contributed by atoms with Gasteiger partial charge in [-0.05, 0) is 72.9 Å². The molecule has 0 radical (unpaired) electrons. The second kappa shape index (κ2) is 9.21. The van der Waals surface area contributed by atoms with Gasteiger partial charge in [-0.1, -0.05) is 18.2 Å². The van der Waals surface area contributed by atoms with Gasteiger partial charge in [-0.15, -0.1) is 4.91 Å². The summed E-state index contributed by atoms with van der Waals surface area (Å²) < 4.78 is 0. The Kier molecular flexibility index (Phi) is 6.20. The second-order valence-electron chi connectivity index (χ2n) is 10.5. The largest absolute Gasteiger partial charge is 0.510 e. The van der Waals surface area contributed by atoms with Crippen LogP contribution in [-0.2, 0) is 16.0 Å². The summed E-state index contributed by atoms with van der Waals surface area (Å²) in [5, 5.41) is 37.0. The van der Waals surface area contributed by atoms with Crippen LogP contribution in [0.1, 0.15) is 32.7 Å². The van der Waals surface area contributed by atoms with E-state index in [0.717, 1.165) is 0 Å². The zero-order valence-corrected chi connectivity index (χ0v) is 21.5. The van der Waals surface area contributed by atoms with E-state index in [1.165, 1.54) is 17.0 Å². The fourth-order valence-corrected chi connectivity index (χ4v) is 6.44. The van der Waals surface area contributed by atoms with Crippen molar-refractivity contribution in [1.29, 1.82) is 0 Å². The summed E-state index contributed by atoms with van der Waals surface area (Å²) in [6, 6.07) is 8.24. The van der Waals surface area contributed by atoms with Crippen molar-refractivity contribution < 1.29 is 34.5 Å². The van der Waals surface area contributed by atoms with Crippen LogP contribution in [0.15, 0.2) is 64.2 Å². The lowest BCUT2D eigenvalue weighted by Gasteiger charge is -2.50. The molecule has 0 bridgehead atoms. The monoisotopic (exact) mass is 546 g/mol. The second-order valence-corrected chi connectivity index (χ2v) is 10.5. The van der Waals surface area contributed by atoms with Crippen LogP contribution in [0.3, 0.4) is 0 Å². The van der Waals surface area contributed by atoms with E-state index in [9.17, 15) is 39.4 Å². The molecule has 0 saturated carbocycles. The van der Waals surface area contributed by atoms with Gasteiger partial charge < -0.3 is 26.8 Å². The van der Waals surface area contributed by atoms with Crippen LogP contribution < -0.4 is 11.5 Å². The first kappa shape index (κ1) is 26.9. The smallest absolute Gasteiger partial charge is 0.255 e. The van der Waals surface area contributed by atoms with E-state index in [-0.39, 0.29) is 35.2 Å². The molecule has 1 unspecified atom stereocenters. The Morgan fingerprint density at radius 3 is 2.38 bits per heavy atom. The lowest BCUT2D eigenvalue weighted by Crippen LogP contribution is -2.63. The molecule has 12 nitrogen and oxygen atoms in total. The summed E-state index contributed by atoms with van der Waals surface area (Å²) in [5.74, 6) is -7.56. The number of rotatable bonds is 5. The highest BCUT2D eigenvalue weighted by Crippen LogP contribution is 2.53. The number of aliphatic hydroxyl groups is 3. The number of allylic oxidation sites excluding steroid dienone is 1. The molecule has 12 heteroatoms. The number of benzene rings is 2. The highest BCUT2D eigenvalue weighted by Gasteiger charge is 2.63. The fraction of sp³-hybridized carbons (Fsp3) is 0.286. The van der Waals surface area contributed by atoms with E-state index in [1.54, 1.807) is 38.4 Å². The molecule has 206 valence electrons. The summed E-state index contributed by atoms with van der Waals surface area (Å²) in [5.41, 5.74) is 8.33. The Hall–Kier alpha value is -4.68. The van der Waals surface area contributed by atoms with Gasteiger partial charge in [-0.25, -0.2) is 0 Å². The maximum Gasteiger partial charge on any atom is 0.255 e. The van der Waals surface area contributed by atoms with Crippen molar-refractivity contribution in [2.45, 2.75) is 24.5 Å². The molecule has 7 N–H and O–H groups in total. The van der Waals surface area contributed by atoms with Gasteiger partial charge in [0.05, 0.1) is 11.6 Å². The highest BCUT2D eigenvalue weighted by atomic mass is 16.3. The van der Waals surface area contributed by atoms with Crippen molar-refractivity contribution in [3.8, 4) is 11.1 Å². The molecule has 0 saturated heterocycles. The van der Waals surface area contributed by atoms with Crippen molar-refractivity contribution >= 4 is 29.1 Å². The van der Waals surface area contributed by atoms with Crippen LogP contribution in [0.2, 0.25) is 0 Å². The first-order chi connectivity index (χ1) is 18.8. The van der Waals surface area contributed by atoms with Gasteiger partial charge in [0.1, 0.15) is 22.8 Å². The van der Waals surface area contributed by atoms with Crippen molar-refractivity contribution in [3.05, 3.63) is 80.7 Å². The van der Waals surface area contributed by atoms with Gasteiger partial charge in [0.15, 0.2) is 11.4 Å². The summed E-state index contributed by atoms with van der Waals surface area (Å²) in [4.78, 5) is 64.4. The third-order valence-electron chi connectivity index (χ3n) is 8.16. The van der Waals surface area contributed by atoms with Gasteiger partial charge in [-0.2, -0.15) is 0 Å². The van der Waals surface area contributed by atoms with E-state index in [1.807, 2.05) is 0 Å². The summed E-state index contributed by atoms with van der Waals surface area (Å²) in [6.45, 7) is 0. The molecule has 5 rings (SSSR count). The van der Waals surface area contributed by atoms with Crippen LogP contribution in [0.4, 0.5) is 5.69 Å². The number of primary amides is 2. The number of carbonyl (C=O) groups excluding carboxylic acids is 4. The van der Waals surface area contributed by atoms with Crippen molar-refractivity contribution in [2.24, 2.45) is 28.5 Å². The number of hydrogen-bond acceptors (Lipinski definition) is 10. The van der Waals surface area contributed by atoms with E-state index in [2.05, 4.69) is 5.18 Å². The predicted octanol–water partition coefficient (Wildman–Crippen LogP) is 1.58. The molecular formula is C28H26N4O8. The molecule has 2 amide bonds. The van der Waals surface area contributed by atoms with Gasteiger partial charge in [0.25, 0.3) is 5.91 Å².